The maximum absolute atomic E-state index is 11.8. The molecule has 0 aromatic heterocycles. The van der Waals surface area contributed by atoms with Crippen LogP contribution < -0.4 is 15.8 Å². The zero-order valence-electron chi connectivity index (χ0n) is 16.9. The van der Waals surface area contributed by atoms with E-state index in [1.165, 1.54) is 14.2 Å². The number of amides is 1. The highest BCUT2D eigenvalue weighted by Gasteiger charge is 2.23. The Morgan fingerprint density at radius 3 is 2.79 bits per heavy atom. The Labute approximate surface area is 166 Å². The molecule has 1 aromatic rings. The van der Waals surface area contributed by atoms with E-state index in [0.717, 1.165) is 44.0 Å². The van der Waals surface area contributed by atoms with Crippen LogP contribution in [0, 0.1) is 5.92 Å². The second-order valence-electron chi connectivity index (χ2n) is 6.82. The lowest BCUT2D eigenvalue weighted by molar-refractivity contribution is -0.119. The zero-order chi connectivity index (χ0) is 20.5. The molecule has 2 rings (SSSR count). The van der Waals surface area contributed by atoms with Gasteiger partial charge in [0.2, 0.25) is 5.91 Å². The molecule has 0 spiro atoms. The number of rotatable bonds is 7. The number of carbonyl (C=O) groups excluding carboxylic acids is 2. The van der Waals surface area contributed by atoms with Crippen molar-refractivity contribution in [2.45, 2.75) is 32.7 Å². The van der Waals surface area contributed by atoms with Crippen LogP contribution in [0.4, 0.5) is 0 Å². The molecular formula is C20H30N4O4. The number of nitrogens with one attached hydrogen (secondary N) is 1. The summed E-state index contributed by atoms with van der Waals surface area (Å²) in [5.74, 6) is 0.840. The number of primary amides is 1. The molecule has 0 saturated carbocycles. The number of likely N-dealkylation sites (tertiary alicyclic amines) is 1. The highest BCUT2D eigenvalue weighted by molar-refractivity contribution is 5.92. The van der Waals surface area contributed by atoms with Gasteiger partial charge in [-0.3, -0.25) is 4.79 Å². The van der Waals surface area contributed by atoms with Gasteiger partial charge in [0.25, 0.3) is 0 Å². The molecule has 1 amide bonds. The van der Waals surface area contributed by atoms with Gasteiger partial charge in [0.15, 0.2) is 5.96 Å². The highest BCUT2D eigenvalue weighted by atomic mass is 16.5. The first kappa shape index (κ1) is 21.5. The SMILES string of the molecule is CCNC(=NCc1ccc(C(=O)OC)c(OC)c1)N1CCCC(CC(N)=O)C1. The standard InChI is InChI=1S/C20H30N4O4/c1-4-22-20(24-9-5-6-15(13-24)11-18(21)25)23-12-14-7-8-16(19(26)28-3)17(10-14)27-2/h7-8,10,15H,4-6,9,11-13H2,1-3H3,(H2,21,25)(H,22,23). The van der Waals surface area contributed by atoms with Gasteiger partial charge in [-0.2, -0.15) is 0 Å². The van der Waals surface area contributed by atoms with Crippen LogP contribution in [0.1, 0.15) is 42.1 Å². The number of piperidine rings is 1. The van der Waals surface area contributed by atoms with Crippen LogP contribution in [-0.4, -0.2) is 56.6 Å². The topological polar surface area (TPSA) is 106 Å². The number of benzene rings is 1. The number of esters is 1. The van der Waals surface area contributed by atoms with Gasteiger partial charge in [-0.25, -0.2) is 9.79 Å². The summed E-state index contributed by atoms with van der Waals surface area (Å²) in [4.78, 5) is 30.0. The van der Waals surface area contributed by atoms with Gasteiger partial charge in [-0.15, -0.1) is 0 Å². The molecule has 28 heavy (non-hydrogen) atoms. The minimum Gasteiger partial charge on any atom is -0.496 e. The van der Waals surface area contributed by atoms with Crippen molar-refractivity contribution in [1.82, 2.24) is 10.2 Å². The third-order valence-corrected chi connectivity index (χ3v) is 4.73. The molecule has 0 radical (unpaired) electrons. The van der Waals surface area contributed by atoms with E-state index in [1.807, 2.05) is 13.0 Å². The number of nitrogens with zero attached hydrogens (tertiary/aromatic N) is 2. The fraction of sp³-hybridized carbons (Fsp3) is 0.550. The Morgan fingerprint density at radius 2 is 2.14 bits per heavy atom. The molecule has 1 heterocycles. The van der Waals surface area contributed by atoms with E-state index in [0.29, 0.717) is 24.3 Å². The maximum atomic E-state index is 11.8. The average Bonchev–Trinajstić information content (AvgIpc) is 2.70. The predicted molar refractivity (Wildman–Crippen MR) is 107 cm³/mol. The van der Waals surface area contributed by atoms with Gasteiger partial charge in [0, 0.05) is 26.1 Å². The van der Waals surface area contributed by atoms with Crippen molar-refractivity contribution in [3.63, 3.8) is 0 Å². The maximum Gasteiger partial charge on any atom is 0.341 e. The Balaban J connectivity index is 2.13. The van der Waals surface area contributed by atoms with E-state index in [9.17, 15) is 9.59 Å². The van der Waals surface area contributed by atoms with E-state index in [1.54, 1.807) is 12.1 Å². The molecular weight excluding hydrogens is 360 g/mol. The van der Waals surface area contributed by atoms with Crippen LogP contribution in [0.15, 0.2) is 23.2 Å². The number of methoxy groups -OCH3 is 2. The van der Waals surface area contributed by atoms with Crippen LogP contribution in [0.2, 0.25) is 0 Å². The average molecular weight is 390 g/mol. The summed E-state index contributed by atoms with van der Waals surface area (Å²) in [6.07, 6.45) is 2.41. The molecule has 1 aliphatic heterocycles. The highest BCUT2D eigenvalue weighted by Crippen LogP contribution is 2.22. The van der Waals surface area contributed by atoms with Gasteiger partial charge in [-0.05, 0) is 43.4 Å². The summed E-state index contributed by atoms with van der Waals surface area (Å²) in [7, 11) is 2.86. The van der Waals surface area contributed by atoms with E-state index in [-0.39, 0.29) is 11.8 Å². The number of carbonyl (C=O) groups is 2. The minimum atomic E-state index is -0.436. The summed E-state index contributed by atoms with van der Waals surface area (Å²) >= 11 is 0. The van der Waals surface area contributed by atoms with Gasteiger partial charge < -0.3 is 25.4 Å². The van der Waals surface area contributed by atoms with Crippen molar-refractivity contribution in [1.29, 1.82) is 0 Å². The molecule has 154 valence electrons. The van der Waals surface area contributed by atoms with Crippen molar-refractivity contribution in [2.24, 2.45) is 16.6 Å². The van der Waals surface area contributed by atoms with Crippen molar-refractivity contribution in [3.8, 4) is 5.75 Å². The first-order valence-electron chi connectivity index (χ1n) is 9.55. The largest absolute Gasteiger partial charge is 0.496 e. The lowest BCUT2D eigenvalue weighted by Crippen LogP contribution is -2.47. The van der Waals surface area contributed by atoms with Crippen LogP contribution in [0.5, 0.6) is 5.75 Å². The fourth-order valence-corrected chi connectivity index (χ4v) is 3.41. The van der Waals surface area contributed by atoms with Crippen molar-refractivity contribution < 1.29 is 19.1 Å². The third kappa shape index (κ3) is 5.87. The summed E-state index contributed by atoms with van der Waals surface area (Å²) in [5, 5.41) is 3.32. The number of guanidine groups is 1. The van der Waals surface area contributed by atoms with Crippen LogP contribution in [0.25, 0.3) is 0 Å². The van der Waals surface area contributed by atoms with Gasteiger partial charge in [0.05, 0.1) is 20.8 Å². The lowest BCUT2D eigenvalue weighted by Gasteiger charge is -2.34. The molecule has 3 N–H and O–H groups in total. The van der Waals surface area contributed by atoms with E-state index in [4.69, 9.17) is 20.2 Å². The zero-order valence-corrected chi connectivity index (χ0v) is 16.9. The fourth-order valence-electron chi connectivity index (χ4n) is 3.41. The van der Waals surface area contributed by atoms with Crippen LogP contribution in [-0.2, 0) is 16.1 Å². The third-order valence-electron chi connectivity index (χ3n) is 4.73. The van der Waals surface area contributed by atoms with Crippen molar-refractivity contribution >= 4 is 17.8 Å². The Kier molecular flexibility index (Phi) is 8.10. The Hall–Kier alpha value is -2.77. The normalized spacial score (nSPS) is 17.2. The molecule has 0 aliphatic carbocycles. The first-order chi connectivity index (χ1) is 13.5. The minimum absolute atomic E-state index is 0.258. The summed E-state index contributed by atoms with van der Waals surface area (Å²) < 4.78 is 10.1. The molecule has 8 heteroatoms. The smallest absolute Gasteiger partial charge is 0.341 e. The second-order valence-corrected chi connectivity index (χ2v) is 6.82. The molecule has 1 fully saturated rings. The number of hydrogen-bond acceptors (Lipinski definition) is 5. The van der Waals surface area contributed by atoms with Gasteiger partial charge in [-0.1, -0.05) is 6.07 Å². The molecule has 1 aliphatic rings. The Bertz CT molecular complexity index is 720. The van der Waals surface area contributed by atoms with Crippen LogP contribution in [0.3, 0.4) is 0 Å². The number of ether oxygens (including phenoxy) is 2. The van der Waals surface area contributed by atoms with E-state index >= 15 is 0 Å². The molecule has 8 nitrogen and oxygen atoms in total. The predicted octanol–water partition coefficient (Wildman–Crippen LogP) is 1.53. The number of hydrogen-bond donors (Lipinski definition) is 2. The van der Waals surface area contributed by atoms with Crippen molar-refractivity contribution in [2.75, 3.05) is 33.9 Å². The van der Waals surface area contributed by atoms with E-state index in [2.05, 4.69) is 10.2 Å². The van der Waals surface area contributed by atoms with E-state index < -0.39 is 5.97 Å². The quantitative estimate of drug-likeness (QED) is 0.415. The molecule has 1 saturated heterocycles. The monoisotopic (exact) mass is 390 g/mol. The Morgan fingerprint density at radius 1 is 1.36 bits per heavy atom. The molecule has 1 atom stereocenters. The number of aliphatic imine (C=N–C) groups is 1. The summed E-state index contributed by atoms with van der Waals surface area (Å²) in [6, 6.07) is 5.32. The summed E-state index contributed by atoms with van der Waals surface area (Å²) in [6.45, 7) is 4.87. The second kappa shape index (κ2) is 10.5. The molecule has 1 aromatic carbocycles. The van der Waals surface area contributed by atoms with Gasteiger partial charge >= 0.3 is 5.97 Å². The van der Waals surface area contributed by atoms with Gasteiger partial charge in [0.1, 0.15) is 11.3 Å². The number of nitrogens with two attached hydrogens (primary N) is 1. The van der Waals surface area contributed by atoms with Crippen molar-refractivity contribution in [3.05, 3.63) is 29.3 Å². The molecule has 0 bridgehead atoms. The lowest BCUT2D eigenvalue weighted by atomic mass is 9.95. The first-order valence-corrected chi connectivity index (χ1v) is 9.55. The van der Waals surface area contributed by atoms with Crippen LogP contribution >= 0.6 is 0 Å². The molecule has 1 unspecified atom stereocenters. The summed E-state index contributed by atoms with van der Waals surface area (Å²) in [5.41, 5.74) is 6.67.